The fourth-order valence-electron chi connectivity index (χ4n) is 4.45. The Morgan fingerprint density at radius 1 is 1.16 bits per heavy atom. The second-order valence-corrected chi connectivity index (χ2v) is 8.40. The van der Waals surface area contributed by atoms with E-state index in [2.05, 4.69) is 27.4 Å². The molecule has 3 unspecified atom stereocenters. The maximum absolute atomic E-state index is 12.8. The Labute approximate surface area is 204 Å². The highest BCUT2D eigenvalue weighted by Gasteiger charge is 2.26. The number of aliphatic imine (C=N–C) groups is 1. The maximum Gasteiger partial charge on any atom is 0.254 e. The van der Waals surface area contributed by atoms with Crippen molar-refractivity contribution in [1.29, 1.82) is 0 Å². The number of carbonyl (C=O) groups excluding carboxylic acids is 1. The van der Waals surface area contributed by atoms with E-state index < -0.39 is 0 Å². The third-order valence-corrected chi connectivity index (χ3v) is 6.00. The molecule has 8 heteroatoms. The lowest BCUT2D eigenvalue weighted by Gasteiger charge is -2.35. The predicted molar refractivity (Wildman–Crippen MR) is 136 cm³/mol. The molecule has 2 N–H and O–H groups in total. The first kappa shape index (κ1) is 25.9. The molecule has 0 spiro atoms. The third-order valence-electron chi connectivity index (χ3n) is 6.00. The number of nitrogens with one attached hydrogen (secondary N) is 2. The Balaban J connectivity index is 0.00000341. The van der Waals surface area contributed by atoms with Crippen molar-refractivity contribution in [3.05, 3.63) is 35.4 Å². The van der Waals surface area contributed by atoms with Crippen LogP contribution in [0.4, 0.5) is 0 Å². The fraction of sp³-hybridized carbons (Fsp3) is 0.652. The van der Waals surface area contributed by atoms with Crippen LogP contribution in [0.25, 0.3) is 0 Å². The molecule has 0 aromatic heterocycles. The molecule has 1 aromatic rings. The van der Waals surface area contributed by atoms with E-state index in [1.165, 1.54) is 19.4 Å². The molecule has 0 aliphatic carbocycles. The van der Waals surface area contributed by atoms with Crippen molar-refractivity contribution in [3.8, 4) is 0 Å². The number of morpholine rings is 1. The SMILES string of the molecule is CCN1CCCC1CNC(=NC)NCc1ccc(C(=O)N2CC(C)OC(C)C2)cc1.I. The highest BCUT2D eigenvalue weighted by molar-refractivity contribution is 14.0. The van der Waals surface area contributed by atoms with Crippen LogP contribution in [0.2, 0.25) is 0 Å². The van der Waals surface area contributed by atoms with Gasteiger partial charge in [0.25, 0.3) is 5.91 Å². The molecule has 0 saturated carbocycles. The number of halogens is 1. The minimum absolute atomic E-state index is 0. The van der Waals surface area contributed by atoms with Gasteiger partial charge in [0, 0.05) is 44.8 Å². The Bertz CT molecular complexity index is 717. The number of amides is 1. The van der Waals surface area contributed by atoms with Gasteiger partial charge >= 0.3 is 0 Å². The molecule has 3 rings (SSSR count). The monoisotopic (exact) mass is 543 g/mol. The summed E-state index contributed by atoms with van der Waals surface area (Å²) in [5, 5.41) is 6.83. The average molecular weight is 543 g/mol. The van der Waals surface area contributed by atoms with E-state index in [-0.39, 0.29) is 42.1 Å². The zero-order valence-electron chi connectivity index (χ0n) is 19.3. The molecule has 174 valence electrons. The van der Waals surface area contributed by atoms with Crippen molar-refractivity contribution in [2.75, 3.05) is 39.8 Å². The number of likely N-dealkylation sites (N-methyl/N-ethyl adjacent to an activating group) is 1. The van der Waals surface area contributed by atoms with Crippen LogP contribution in [0.1, 0.15) is 49.5 Å². The van der Waals surface area contributed by atoms with Gasteiger partial charge < -0.3 is 20.3 Å². The summed E-state index contributed by atoms with van der Waals surface area (Å²) in [6, 6.07) is 8.44. The van der Waals surface area contributed by atoms with E-state index in [1.54, 1.807) is 7.05 Å². The summed E-state index contributed by atoms with van der Waals surface area (Å²) >= 11 is 0. The topological polar surface area (TPSA) is 69.2 Å². The van der Waals surface area contributed by atoms with Crippen LogP contribution in [-0.4, -0.2) is 79.7 Å². The van der Waals surface area contributed by atoms with E-state index in [9.17, 15) is 4.79 Å². The summed E-state index contributed by atoms with van der Waals surface area (Å²) < 4.78 is 5.73. The molecule has 2 saturated heterocycles. The number of guanidine groups is 1. The summed E-state index contributed by atoms with van der Waals surface area (Å²) in [6.45, 7) is 11.4. The highest BCUT2D eigenvalue weighted by atomic mass is 127. The zero-order valence-corrected chi connectivity index (χ0v) is 21.6. The van der Waals surface area contributed by atoms with E-state index in [0.717, 1.165) is 30.2 Å². The number of hydrogen-bond donors (Lipinski definition) is 2. The first-order valence-corrected chi connectivity index (χ1v) is 11.2. The van der Waals surface area contributed by atoms with Gasteiger partial charge in [-0.2, -0.15) is 0 Å². The molecule has 0 radical (unpaired) electrons. The second kappa shape index (κ2) is 12.6. The molecule has 2 fully saturated rings. The maximum atomic E-state index is 12.8. The van der Waals surface area contributed by atoms with Gasteiger partial charge in [0.15, 0.2) is 5.96 Å². The van der Waals surface area contributed by atoms with Crippen molar-refractivity contribution in [2.45, 2.75) is 58.4 Å². The van der Waals surface area contributed by atoms with Crippen LogP contribution in [0, 0.1) is 0 Å². The first-order valence-electron chi connectivity index (χ1n) is 11.2. The molecule has 2 aliphatic heterocycles. The van der Waals surface area contributed by atoms with Gasteiger partial charge in [-0.15, -0.1) is 24.0 Å². The van der Waals surface area contributed by atoms with E-state index in [0.29, 0.717) is 25.7 Å². The molecular formula is C23H38IN5O2. The van der Waals surface area contributed by atoms with Crippen LogP contribution in [-0.2, 0) is 11.3 Å². The minimum atomic E-state index is 0. The van der Waals surface area contributed by atoms with Gasteiger partial charge in [-0.3, -0.25) is 14.7 Å². The number of ether oxygens (including phenoxy) is 1. The van der Waals surface area contributed by atoms with Crippen LogP contribution in [0.15, 0.2) is 29.3 Å². The molecule has 1 amide bonds. The van der Waals surface area contributed by atoms with E-state index in [1.807, 2.05) is 43.0 Å². The van der Waals surface area contributed by atoms with Crippen molar-refractivity contribution < 1.29 is 9.53 Å². The standard InChI is InChI=1S/C23H37N5O2.HI/c1-5-27-12-6-7-21(27)14-26-23(24-4)25-13-19-8-10-20(11-9-19)22(29)28-15-17(2)30-18(3)16-28;/h8-11,17-18,21H,5-7,12-16H2,1-4H3,(H2,24,25,26);1H. The van der Waals surface area contributed by atoms with Crippen molar-refractivity contribution in [3.63, 3.8) is 0 Å². The lowest BCUT2D eigenvalue weighted by Crippen LogP contribution is -2.48. The number of hydrogen-bond acceptors (Lipinski definition) is 4. The largest absolute Gasteiger partial charge is 0.372 e. The van der Waals surface area contributed by atoms with E-state index >= 15 is 0 Å². The highest BCUT2D eigenvalue weighted by Crippen LogP contribution is 2.16. The number of rotatable bonds is 6. The van der Waals surface area contributed by atoms with Crippen LogP contribution < -0.4 is 10.6 Å². The average Bonchev–Trinajstić information content (AvgIpc) is 3.20. The van der Waals surface area contributed by atoms with E-state index in [4.69, 9.17) is 4.74 Å². The zero-order chi connectivity index (χ0) is 21.5. The van der Waals surface area contributed by atoms with Crippen molar-refractivity contribution in [2.24, 2.45) is 4.99 Å². The molecule has 2 aliphatic rings. The predicted octanol–water partition coefficient (Wildman–Crippen LogP) is 2.70. The van der Waals surface area contributed by atoms with Gasteiger partial charge in [-0.05, 0) is 57.5 Å². The Morgan fingerprint density at radius 3 is 2.45 bits per heavy atom. The Hall–Kier alpha value is -1.39. The number of carbonyl (C=O) groups is 1. The van der Waals surface area contributed by atoms with Gasteiger partial charge in [0.1, 0.15) is 0 Å². The van der Waals surface area contributed by atoms with Gasteiger partial charge in [-0.1, -0.05) is 19.1 Å². The summed E-state index contributed by atoms with van der Waals surface area (Å²) in [6.07, 6.45) is 2.68. The lowest BCUT2D eigenvalue weighted by atomic mass is 10.1. The lowest BCUT2D eigenvalue weighted by molar-refractivity contribution is -0.0586. The molecule has 2 heterocycles. The van der Waals surface area contributed by atoms with Crippen LogP contribution in [0.3, 0.4) is 0 Å². The Morgan fingerprint density at radius 2 is 1.84 bits per heavy atom. The number of likely N-dealkylation sites (tertiary alicyclic amines) is 1. The normalized spacial score (nSPS) is 24.6. The second-order valence-electron chi connectivity index (χ2n) is 8.40. The molecule has 0 bridgehead atoms. The fourth-order valence-corrected chi connectivity index (χ4v) is 4.45. The van der Waals surface area contributed by atoms with Crippen LogP contribution in [0.5, 0.6) is 0 Å². The molecule has 7 nitrogen and oxygen atoms in total. The quantitative estimate of drug-likeness (QED) is 0.328. The molecule has 31 heavy (non-hydrogen) atoms. The van der Waals surface area contributed by atoms with Crippen LogP contribution >= 0.6 is 24.0 Å². The van der Waals surface area contributed by atoms with Gasteiger partial charge in [0.2, 0.25) is 0 Å². The molecular weight excluding hydrogens is 505 g/mol. The summed E-state index contributed by atoms with van der Waals surface area (Å²) in [5.74, 6) is 0.889. The summed E-state index contributed by atoms with van der Waals surface area (Å²) in [7, 11) is 1.80. The van der Waals surface area contributed by atoms with Crippen molar-refractivity contribution in [1.82, 2.24) is 20.4 Å². The molecule has 1 aromatic carbocycles. The number of benzene rings is 1. The minimum Gasteiger partial charge on any atom is -0.372 e. The summed E-state index contributed by atoms with van der Waals surface area (Å²) in [5.41, 5.74) is 1.85. The van der Waals surface area contributed by atoms with Gasteiger partial charge in [-0.25, -0.2) is 0 Å². The molecule has 3 atom stereocenters. The Kier molecular flexibility index (Phi) is 10.5. The smallest absolute Gasteiger partial charge is 0.254 e. The van der Waals surface area contributed by atoms with Gasteiger partial charge in [0.05, 0.1) is 12.2 Å². The van der Waals surface area contributed by atoms with Crippen molar-refractivity contribution >= 4 is 35.8 Å². The third kappa shape index (κ3) is 7.32. The summed E-state index contributed by atoms with van der Waals surface area (Å²) in [4.78, 5) is 21.5. The first-order chi connectivity index (χ1) is 14.5. The number of nitrogens with zero attached hydrogens (tertiary/aromatic N) is 3.